The molecule has 0 bridgehead atoms. The highest BCUT2D eigenvalue weighted by atomic mass is 16.1. The van der Waals surface area contributed by atoms with Crippen LogP contribution in [0.5, 0.6) is 0 Å². The minimum Gasteiger partial charge on any atom is -0.356 e. The highest BCUT2D eigenvalue weighted by Gasteiger charge is 2.21. The average molecular weight is 327 g/mol. The molecule has 6 nitrogen and oxygen atoms in total. The number of pyridine rings is 1. The van der Waals surface area contributed by atoms with Gasteiger partial charge in [-0.15, -0.1) is 0 Å². The number of rotatable bonds is 6. The molecule has 0 atom stereocenters. The first-order valence-electron chi connectivity index (χ1n) is 8.65. The number of aryl methyl sites for hydroxylation is 2. The number of anilines is 1. The van der Waals surface area contributed by atoms with Crippen LogP contribution in [0.25, 0.3) is 0 Å². The predicted octanol–water partition coefficient (Wildman–Crippen LogP) is 2.15. The van der Waals surface area contributed by atoms with Gasteiger partial charge in [0.15, 0.2) is 0 Å². The normalized spacial score (nSPS) is 15.5. The molecule has 0 radical (unpaired) electrons. The van der Waals surface area contributed by atoms with Crippen molar-refractivity contribution in [3.63, 3.8) is 0 Å². The van der Waals surface area contributed by atoms with Crippen LogP contribution in [0, 0.1) is 6.92 Å². The molecule has 128 valence electrons. The van der Waals surface area contributed by atoms with Crippen LogP contribution in [0.15, 0.2) is 36.8 Å². The van der Waals surface area contributed by atoms with Crippen molar-refractivity contribution in [2.45, 2.75) is 45.2 Å². The minimum atomic E-state index is 0.157. The summed E-state index contributed by atoms with van der Waals surface area (Å²) in [5.74, 6) is 2.18. The van der Waals surface area contributed by atoms with Gasteiger partial charge in [-0.2, -0.15) is 0 Å². The molecule has 24 heavy (non-hydrogen) atoms. The van der Waals surface area contributed by atoms with E-state index in [4.69, 9.17) is 0 Å². The maximum atomic E-state index is 12.1. The van der Waals surface area contributed by atoms with Crippen molar-refractivity contribution >= 4 is 11.7 Å². The van der Waals surface area contributed by atoms with E-state index < -0.39 is 0 Å². The lowest BCUT2D eigenvalue weighted by Gasteiger charge is -2.33. The number of nitrogens with one attached hydrogen (secondary N) is 1. The van der Waals surface area contributed by atoms with Crippen LogP contribution in [-0.2, 0) is 11.3 Å². The maximum absolute atomic E-state index is 12.1. The third kappa shape index (κ3) is 4.34. The number of aromatic nitrogens is 3. The van der Waals surface area contributed by atoms with Crippen molar-refractivity contribution in [3.05, 3.63) is 42.6 Å². The zero-order valence-corrected chi connectivity index (χ0v) is 14.2. The summed E-state index contributed by atoms with van der Waals surface area (Å²) < 4.78 is 2.08. The smallest absolute Gasteiger partial charge is 0.220 e. The molecule has 1 fully saturated rings. The highest BCUT2D eigenvalue weighted by Crippen LogP contribution is 2.17. The lowest BCUT2D eigenvalue weighted by Crippen LogP contribution is -2.44. The van der Waals surface area contributed by atoms with Crippen LogP contribution in [0.3, 0.4) is 0 Å². The number of piperidine rings is 1. The van der Waals surface area contributed by atoms with E-state index in [0.29, 0.717) is 6.42 Å². The summed E-state index contributed by atoms with van der Waals surface area (Å²) in [6.07, 6.45) is 8.94. The Morgan fingerprint density at radius 2 is 2.08 bits per heavy atom. The molecule has 0 unspecified atom stereocenters. The first-order chi connectivity index (χ1) is 11.7. The number of imidazole rings is 1. The van der Waals surface area contributed by atoms with E-state index in [-0.39, 0.29) is 11.9 Å². The lowest BCUT2D eigenvalue weighted by molar-refractivity contribution is -0.122. The van der Waals surface area contributed by atoms with Crippen molar-refractivity contribution < 1.29 is 4.79 Å². The van der Waals surface area contributed by atoms with Crippen molar-refractivity contribution in [3.8, 4) is 0 Å². The van der Waals surface area contributed by atoms with Crippen molar-refractivity contribution in [2.24, 2.45) is 0 Å². The predicted molar refractivity (Wildman–Crippen MR) is 93.8 cm³/mol. The van der Waals surface area contributed by atoms with Crippen LogP contribution in [0.2, 0.25) is 0 Å². The number of hydrogen-bond acceptors (Lipinski definition) is 4. The second kappa shape index (κ2) is 7.95. The fourth-order valence-corrected chi connectivity index (χ4v) is 3.14. The Balaban J connectivity index is 1.36. The molecule has 2 aromatic heterocycles. The Morgan fingerprint density at radius 1 is 1.25 bits per heavy atom. The molecule has 3 heterocycles. The van der Waals surface area contributed by atoms with Crippen molar-refractivity contribution in [2.75, 3.05) is 18.0 Å². The summed E-state index contributed by atoms with van der Waals surface area (Å²) in [5, 5.41) is 3.17. The van der Waals surface area contributed by atoms with E-state index in [1.807, 2.05) is 37.5 Å². The average Bonchev–Trinajstić information content (AvgIpc) is 3.01. The first-order valence-corrected chi connectivity index (χ1v) is 8.65. The van der Waals surface area contributed by atoms with Crippen LogP contribution in [-0.4, -0.2) is 39.6 Å². The molecule has 1 aliphatic heterocycles. The van der Waals surface area contributed by atoms with Gasteiger partial charge >= 0.3 is 0 Å². The molecular formula is C18H25N5O. The molecule has 1 amide bonds. The molecule has 0 spiro atoms. The van der Waals surface area contributed by atoms with E-state index in [2.05, 4.69) is 24.8 Å². The zero-order valence-electron chi connectivity index (χ0n) is 14.2. The van der Waals surface area contributed by atoms with E-state index in [1.165, 1.54) is 0 Å². The van der Waals surface area contributed by atoms with Crippen molar-refractivity contribution in [1.29, 1.82) is 0 Å². The van der Waals surface area contributed by atoms with E-state index in [9.17, 15) is 4.79 Å². The number of carbonyl (C=O) groups excluding carboxylic acids is 1. The number of amides is 1. The molecule has 0 saturated carbocycles. The second-order valence-corrected chi connectivity index (χ2v) is 6.29. The van der Waals surface area contributed by atoms with Gasteiger partial charge in [-0.3, -0.25) is 4.79 Å². The fraction of sp³-hybridized carbons (Fsp3) is 0.500. The van der Waals surface area contributed by atoms with Gasteiger partial charge in [0.2, 0.25) is 5.91 Å². The Bertz CT molecular complexity index is 646. The van der Waals surface area contributed by atoms with Crippen LogP contribution < -0.4 is 10.2 Å². The van der Waals surface area contributed by atoms with Crippen LogP contribution >= 0.6 is 0 Å². The minimum absolute atomic E-state index is 0.157. The standard InChI is InChI=1S/C18H25N5O/c1-15-19-10-14-22(15)11-4-6-18(24)21-16-7-12-23(13-8-16)17-5-2-3-9-20-17/h2-3,5,9-10,14,16H,4,6-8,11-13H2,1H3,(H,21,24). The second-order valence-electron chi connectivity index (χ2n) is 6.29. The Kier molecular flexibility index (Phi) is 5.46. The monoisotopic (exact) mass is 327 g/mol. The van der Waals surface area contributed by atoms with Gasteiger partial charge in [0.1, 0.15) is 11.6 Å². The van der Waals surface area contributed by atoms with Gasteiger partial charge < -0.3 is 14.8 Å². The molecule has 1 saturated heterocycles. The number of hydrogen-bond donors (Lipinski definition) is 1. The SMILES string of the molecule is Cc1nccn1CCCC(=O)NC1CCN(c2ccccn2)CC1. The van der Waals surface area contributed by atoms with Gasteiger partial charge in [0.05, 0.1) is 0 Å². The topological polar surface area (TPSA) is 63.1 Å². The van der Waals surface area contributed by atoms with Gasteiger partial charge in [0, 0.05) is 50.7 Å². The third-order valence-corrected chi connectivity index (χ3v) is 4.56. The van der Waals surface area contributed by atoms with E-state index >= 15 is 0 Å². The van der Waals surface area contributed by atoms with Gasteiger partial charge in [-0.1, -0.05) is 6.07 Å². The lowest BCUT2D eigenvalue weighted by atomic mass is 10.0. The number of nitrogens with zero attached hydrogens (tertiary/aromatic N) is 4. The molecule has 2 aromatic rings. The fourth-order valence-electron chi connectivity index (χ4n) is 3.14. The first kappa shape index (κ1) is 16.5. The molecule has 0 aromatic carbocycles. The summed E-state index contributed by atoms with van der Waals surface area (Å²) in [6, 6.07) is 6.27. The highest BCUT2D eigenvalue weighted by molar-refractivity contribution is 5.76. The summed E-state index contributed by atoms with van der Waals surface area (Å²) in [6.45, 7) is 4.71. The quantitative estimate of drug-likeness (QED) is 0.883. The Labute approximate surface area is 142 Å². The molecule has 6 heteroatoms. The zero-order chi connectivity index (χ0) is 16.8. The van der Waals surface area contributed by atoms with Crippen molar-refractivity contribution in [1.82, 2.24) is 19.9 Å². The summed E-state index contributed by atoms with van der Waals surface area (Å²) in [4.78, 5) is 23.0. The van der Waals surface area contributed by atoms with Gasteiger partial charge in [-0.05, 0) is 38.3 Å². The Morgan fingerprint density at radius 3 is 2.75 bits per heavy atom. The molecule has 0 aliphatic carbocycles. The maximum Gasteiger partial charge on any atom is 0.220 e. The van der Waals surface area contributed by atoms with E-state index in [1.54, 1.807) is 6.20 Å². The molecule has 1 aliphatic rings. The molecular weight excluding hydrogens is 302 g/mol. The van der Waals surface area contributed by atoms with Crippen LogP contribution in [0.1, 0.15) is 31.5 Å². The largest absolute Gasteiger partial charge is 0.356 e. The van der Waals surface area contributed by atoms with Gasteiger partial charge in [-0.25, -0.2) is 9.97 Å². The summed E-state index contributed by atoms with van der Waals surface area (Å²) in [5.41, 5.74) is 0. The third-order valence-electron chi connectivity index (χ3n) is 4.56. The molecule has 1 N–H and O–H groups in total. The summed E-state index contributed by atoms with van der Waals surface area (Å²) in [7, 11) is 0. The number of carbonyl (C=O) groups is 1. The van der Waals surface area contributed by atoms with Crippen LogP contribution in [0.4, 0.5) is 5.82 Å². The molecule has 3 rings (SSSR count). The van der Waals surface area contributed by atoms with E-state index in [0.717, 1.165) is 50.5 Å². The van der Waals surface area contributed by atoms with Gasteiger partial charge in [0.25, 0.3) is 0 Å². The Hall–Kier alpha value is -2.37. The summed E-state index contributed by atoms with van der Waals surface area (Å²) >= 11 is 0.